The molecule has 5 nitrogen and oxygen atoms in total. The van der Waals surface area contributed by atoms with Crippen molar-refractivity contribution in [2.45, 2.75) is 31.9 Å². The predicted molar refractivity (Wildman–Crippen MR) is 94.2 cm³/mol. The Hall–Kier alpha value is -0.810. The van der Waals surface area contributed by atoms with E-state index in [-0.39, 0.29) is 11.7 Å². The number of aliphatic carboxylic acids is 1. The Balaban J connectivity index is 2.52. The van der Waals surface area contributed by atoms with Crippen LogP contribution in [0.2, 0.25) is 0 Å². The minimum absolute atomic E-state index is 0.0727. The molecule has 0 aliphatic carbocycles. The van der Waals surface area contributed by atoms with Crippen molar-refractivity contribution in [3.63, 3.8) is 0 Å². The average Bonchev–Trinajstić information content (AvgIpc) is 2.51. The number of benzene rings is 1. The van der Waals surface area contributed by atoms with Gasteiger partial charge in [-0.2, -0.15) is 11.8 Å². The summed E-state index contributed by atoms with van der Waals surface area (Å²) in [7, 11) is -3.01. The molecule has 130 valence electrons. The summed E-state index contributed by atoms with van der Waals surface area (Å²) in [6.45, 7) is 4.30. The lowest BCUT2D eigenvalue weighted by molar-refractivity contribution is -0.137. The molecule has 0 amide bonds. The molecule has 1 N–H and O–H groups in total. The van der Waals surface area contributed by atoms with Crippen molar-refractivity contribution in [2.24, 2.45) is 0 Å². The molecule has 23 heavy (non-hydrogen) atoms. The molecular weight excluding hydrogens is 335 g/mol. The normalized spacial score (nSPS) is 13.0. The van der Waals surface area contributed by atoms with E-state index in [2.05, 4.69) is 0 Å². The Morgan fingerprint density at radius 3 is 2.35 bits per heavy atom. The van der Waals surface area contributed by atoms with E-state index in [4.69, 9.17) is 14.2 Å². The van der Waals surface area contributed by atoms with Gasteiger partial charge in [-0.3, -0.25) is 9.36 Å². The van der Waals surface area contributed by atoms with E-state index in [9.17, 15) is 9.36 Å². The van der Waals surface area contributed by atoms with E-state index in [0.29, 0.717) is 31.5 Å². The second-order valence-corrected chi connectivity index (χ2v) is 8.39. The summed E-state index contributed by atoms with van der Waals surface area (Å²) in [4.78, 5) is 11.0. The van der Waals surface area contributed by atoms with Crippen LogP contribution in [0.1, 0.15) is 37.5 Å². The molecule has 0 heterocycles. The Kier molecular flexibility index (Phi) is 9.56. The Labute approximate surface area is 142 Å². The Morgan fingerprint density at radius 2 is 1.83 bits per heavy atom. The molecule has 0 saturated heterocycles. The monoisotopic (exact) mass is 360 g/mol. The zero-order valence-electron chi connectivity index (χ0n) is 13.6. The van der Waals surface area contributed by atoms with Crippen LogP contribution in [-0.2, 0) is 18.4 Å². The standard InChI is InChI=1S/C16H25O5PS/c1-3-20-22(19,21-4-2)11-8-12-23-15(13-16(17)18)14-9-6-5-7-10-14/h5-7,9-10,15H,3-4,8,11-13H2,1-2H3,(H,17,18). The first-order valence-electron chi connectivity index (χ1n) is 7.77. The zero-order valence-corrected chi connectivity index (χ0v) is 15.4. The summed E-state index contributed by atoms with van der Waals surface area (Å²) in [6.07, 6.45) is 1.09. The number of carboxylic acid groups (broad SMARTS) is 1. The summed E-state index contributed by atoms with van der Waals surface area (Å²) < 4.78 is 22.9. The molecule has 0 radical (unpaired) electrons. The number of carboxylic acids is 1. The molecule has 1 rings (SSSR count). The highest BCUT2D eigenvalue weighted by atomic mass is 32.2. The summed E-state index contributed by atoms with van der Waals surface area (Å²) in [5.41, 5.74) is 0.998. The fourth-order valence-corrected chi connectivity index (χ4v) is 5.23. The first-order valence-corrected chi connectivity index (χ1v) is 10.5. The molecule has 0 bridgehead atoms. The first-order chi connectivity index (χ1) is 11.0. The minimum atomic E-state index is -3.01. The van der Waals surface area contributed by atoms with Crippen LogP contribution < -0.4 is 0 Å². The second kappa shape index (κ2) is 10.9. The fraction of sp³-hybridized carbons (Fsp3) is 0.562. The SMILES string of the molecule is CCOP(=O)(CCCSC(CC(=O)O)c1ccccc1)OCC. The summed E-state index contributed by atoms with van der Waals surface area (Å²) in [6, 6.07) is 9.59. The van der Waals surface area contributed by atoms with E-state index in [1.54, 1.807) is 25.6 Å². The number of hydrogen-bond donors (Lipinski definition) is 1. The second-order valence-electron chi connectivity index (χ2n) is 4.89. The van der Waals surface area contributed by atoms with E-state index in [0.717, 1.165) is 5.56 Å². The molecule has 0 fully saturated rings. The average molecular weight is 360 g/mol. The lowest BCUT2D eigenvalue weighted by Gasteiger charge is -2.18. The van der Waals surface area contributed by atoms with E-state index < -0.39 is 13.6 Å². The molecule has 1 aromatic carbocycles. The highest BCUT2D eigenvalue weighted by Crippen LogP contribution is 2.49. The summed E-state index contributed by atoms with van der Waals surface area (Å²) in [5.74, 6) is -0.113. The van der Waals surface area contributed by atoms with E-state index >= 15 is 0 Å². The number of hydrogen-bond acceptors (Lipinski definition) is 5. The third kappa shape index (κ3) is 8.02. The van der Waals surface area contributed by atoms with Crippen LogP contribution in [-0.4, -0.2) is 36.2 Å². The van der Waals surface area contributed by atoms with Crippen LogP contribution in [0.15, 0.2) is 30.3 Å². The van der Waals surface area contributed by atoms with Crippen LogP contribution in [0.3, 0.4) is 0 Å². The largest absolute Gasteiger partial charge is 0.481 e. The highest BCUT2D eigenvalue weighted by molar-refractivity contribution is 7.99. The van der Waals surface area contributed by atoms with Crippen LogP contribution in [0.25, 0.3) is 0 Å². The number of carbonyl (C=O) groups is 1. The predicted octanol–water partition coefficient (Wildman–Crippen LogP) is 4.59. The van der Waals surface area contributed by atoms with Gasteiger partial charge in [0.25, 0.3) is 0 Å². The van der Waals surface area contributed by atoms with Gasteiger partial charge in [0, 0.05) is 5.25 Å². The van der Waals surface area contributed by atoms with Crippen LogP contribution in [0.5, 0.6) is 0 Å². The maximum atomic E-state index is 12.4. The lowest BCUT2D eigenvalue weighted by atomic mass is 10.1. The first kappa shape index (κ1) is 20.2. The van der Waals surface area contributed by atoms with Gasteiger partial charge in [0.1, 0.15) is 0 Å². The summed E-state index contributed by atoms with van der Waals surface area (Å²) >= 11 is 1.57. The van der Waals surface area contributed by atoms with Crippen LogP contribution in [0, 0.1) is 0 Å². The molecular formula is C16H25O5PS. The maximum Gasteiger partial charge on any atom is 0.330 e. The van der Waals surface area contributed by atoms with Gasteiger partial charge in [0.15, 0.2) is 0 Å². The van der Waals surface area contributed by atoms with Crippen molar-refractivity contribution in [1.29, 1.82) is 0 Å². The quantitative estimate of drug-likeness (QED) is 0.434. The van der Waals surface area contributed by atoms with Gasteiger partial charge in [-0.05, 0) is 31.6 Å². The van der Waals surface area contributed by atoms with Crippen LogP contribution in [0.4, 0.5) is 0 Å². The molecule has 1 atom stereocenters. The van der Waals surface area contributed by atoms with Gasteiger partial charge in [0.2, 0.25) is 0 Å². The van der Waals surface area contributed by atoms with Crippen molar-refractivity contribution in [3.05, 3.63) is 35.9 Å². The smallest absolute Gasteiger partial charge is 0.330 e. The van der Waals surface area contributed by atoms with Crippen LogP contribution >= 0.6 is 19.4 Å². The molecule has 0 spiro atoms. The molecule has 7 heteroatoms. The molecule has 0 aliphatic heterocycles. The van der Waals surface area contributed by atoms with Crippen molar-refractivity contribution >= 4 is 25.3 Å². The van der Waals surface area contributed by atoms with Gasteiger partial charge >= 0.3 is 13.6 Å². The minimum Gasteiger partial charge on any atom is -0.481 e. The summed E-state index contributed by atoms with van der Waals surface area (Å²) in [5, 5.41) is 8.97. The van der Waals surface area contributed by atoms with Crippen molar-refractivity contribution in [3.8, 4) is 0 Å². The van der Waals surface area contributed by atoms with Crippen molar-refractivity contribution in [2.75, 3.05) is 25.1 Å². The topological polar surface area (TPSA) is 72.8 Å². The van der Waals surface area contributed by atoms with Gasteiger partial charge in [-0.25, -0.2) is 0 Å². The Morgan fingerprint density at radius 1 is 1.22 bits per heavy atom. The highest BCUT2D eigenvalue weighted by Gasteiger charge is 2.23. The Bertz CT molecular complexity index is 498. The van der Waals surface area contributed by atoms with Crippen molar-refractivity contribution < 1.29 is 23.5 Å². The van der Waals surface area contributed by atoms with Gasteiger partial charge in [0.05, 0.1) is 25.8 Å². The maximum absolute atomic E-state index is 12.4. The van der Waals surface area contributed by atoms with Gasteiger partial charge < -0.3 is 14.2 Å². The fourth-order valence-electron chi connectivity index (χ4n) is 2.14. The van der Waals surface area contributed by atoms with E-state index in [1.807, 2.05) is 30.3 Å². The third-order valence-corrected chi connectivity index (χ3v) is 6.61. The number of thioether (sulfide) groups is 1. The molecule has 1 unspecified atom stereocenters. The lowest BCUT2D eigenvalue weighted by Crippen LogP contribution is -2.05. The molecule has 1 aromatic rings. The molecule has 0 saturated carbocycles. The molecule has 0 aliphatic rings. The molecule has 0 aromatic heterocycles. The van der Waals surface area contributed by atoms with Gasteiger partial charge in [-0.15, -0.1) is 0 Å². The van der Waals surface area contributed by atoms with Crippen molar-refractivity contribution in [1.82, 2.24) is 0 Å². The van der Waals surface area contributed by atoms with Gasteiger partial charge in [-0.1, -0.05) is 30.3 Å². The van der Waals surface area contributed by atoms with E-state index in [1.165, 1.54) is 0 Å². The zero-order chi connectivity index (χ0) is 17.1. The third-order valence-electron chi connectivity index (χ3n) is 3.08. The number of rotatable bonds is 12.